The van der Waals surface area contributed by atoms with Gasteiger partial charge in [-0.3, -0.25) is 4.79 Å². The molecular formula is C19H18O3. The second-order valence-electron chi connectivity index (χ2n) is 5.15. The van der Waals surface area contributed by atoms with E-state index >= 15 is 0 Å². The minimum atomic E-state index is -0.198. The van der Waals surface area contributed by atoms with Crippen molar-refractivity contribution in [3.05, 3.63) is 54.1 Å². The molecule has 112 valence electrons. The zero-order valence-corrected chi connectivity index (χ0v) is 12.8. The van der Waals surface area contributed by atoms with Gasteiger partial charge in [0.25, 0.3) is 0 Å². The van der Waals surface area contributed by atoms with Gasteiger partial charge in [0.15, 0.2) is 0 Å². The Bertz CT molecular complexity index is 837. The Morgan fingerprint density at radius 3 is 2.55 bits per heavy atom. The summed E-state index contributed by atoms with van der Waals surface area (Å²) in [4.78, 5) is 12.0. The minimum absolute atomic E-state index is 0.198. The second-order valence-corrected chi connectivity index (χ2v) is 5.15. The van der Waals surface area contributed by atoms with Crippen LogP contribution >= 0.6 is 0 Å². The number of carbonyl (C=O) groups excluding carboxylic acids is 1. The van der Waals surface area contributed by atoms with Gasteiger partial charge in [0.2, 0.25) is 0 Å². The van der Waals surface area contributed by atoms with Gasteiger partial charge in [-0.25, -0.2) is 0 Å². The molecule has 3 aromatic carbocycles. The Labute approximate surface area is 129 Å². The van der Waals surface area contributed by atoms with Crippen LogP contribution in [0.4, 0.5) is 0 Å². The van der Waals surface area contributed by atoms with Gasteiger partial charge in [0.1, 0.15) is 5.75 Å². The third-order valence-electron chi connectivity index (χ3n) is 3.81. The minimum Gasteiger partial charge on any atom is -0.497 e. The van der Waals surface area contributed by atoms with E-state index in [0.717, 1.165) is 32.9 Å². The number of benzene rings is 3. The Morgan fingerprint density at radius 1 is 1.00 bits per heavy atom. The van der Waals surface area contributed by atoms with Gasteiger partial charge in [-0.1, -0.05) is 30.3 Å². The predicted molar refractivity (Wildman–Crippen MR) is 88.3 cm³/mol. The first-order valence-corrected chi connectivity index (χ1v) is 7.37. The van der Waals surface area contributed by atoms with Gasteiger partial charge in [-0.15, -0.1) is 0 Å². The van der Waals surface area contributed by atoms with Crippen molar-refractivity contribution in [2.75, 3.05) is 13.7 Å². The van der Waals surface area contributed by atoms with E-state index in [1.807, 2.05) is 43.3 Å². The number of hydrogen-bond acceptors (Lipinski definition) is 3. The van der Waals surface area contributed by atoms with Gasteiger partial charge in [-0.2, -0.15) is 0 Å². The van der Waals surface area contributed by atoms with E-state index in [2.05, 4.69) is 12.1 Å². The fourth-order valence-corrected chi connectivity index (χ4v) is 2.82. The Hall–Kier alpha value is -2.55. The molecule has 0 radical (unpaired) electrons. The first kappa shape index (κ1) is 14.4. The molecule has 0 aliphatic rings. The van der Waals surface area contributed by atoms with E-state index in [1.54, 1.807) is 7.11 Å². The maximum atomic E-state index is 12.0. The molecule has 3 rings (SSSR count). The van der Waals surface area contributed by atoms with Crippen molar-refractivity contribution < 1.29 is 14.3 Å². The van der Waals surface area contributed by atoms with Crippen molar-refractivity contribution in [2.45, 2.75) is 13.3 Å². The van der Waals surface area contributed by atoms with Crippen LogP contribution in [0.15, 0.2) is 48.5 Å². The first-order valence-electron chi connectivity index (χ1n) is 7.37. The van der Waals surface area contributed by atoms with Crippen LogP contribution in [-0.4, -0.2) is 19.7 Å². The molecule has 0 aromatic heterocycles. The normalized spacial score (nSPS) is 10.8. The van der Waals surface area contributed by atoms with Gasteiger partial charge in [-0.05, 0) is 52.2 Å². The van der Waals surface area contributed by atoms with E-state index in [9.17, 15) is 4.79 Å². The van der Waals surface area contributed by atoms with Crippen LogP contribution in [0.3, 0.4) is 0 Å². The number of rotatable bonds is 4. The lowest BCUT2D eigenvalue weighted by Crippen LogP contribution is -2.08. The predicted octanol–water partition coefficient (Wildman–Crippen LogP) is 4.11. The molecular weight excluding hydrogens is 276 g/mol. The van der Waals surface area contributed by atoms with E-state index in [1.165, 1.54) is 0 Å². The van der Waals surface area contributed by atoms with Crippen molar-refractivity contribution in [3.63, 3.8) is 0 Å². The molecule has 0 aliphatic heterocycles. The number of fused-ring (bicyclic) bond motifs is 2. The van der Waals surface area contributed by atoms with Gasteiger partial charge >= 0.3 is 5.97 Å². The molecule has 0 unspecified atom stereocenters. The number of carbonyl (C=O) groups is 1. The fraction of sp³-hybridized carbons (Fsp3) is 0.211. The van der Waals surface area contributed by atoms with E-state index in [4.69, 9.17) is 9.47 Å². The molecule has 0 N–H and O–H groups in total. The standard InChI is InChI=1S/C19H18O3/c1-3-22-19(20)12-18-16-7-5-4-6-13(16)10-14-11-15(21-2)8-9-17(14)18/h4-11H,3,12H2,1-2H3. The number of esters is 1. The third kappa shape index (κ3) is 2.62. The SMILES string of the molecule is CCOC(=O)Cc1c2ccccc2cc2cc(OC)ccc12. The van der Waals surface area contributed by atoms with Gasteiger partial charge in [0.05, 0.1) is 20.1 Å². The monoisotopic (exact) mass is 294 g/mol. The lowest BCUT2D eigenvalue weighted by atomic mass is 9.95. The maximum Gasteiger partial charge on any atom is 0.310 e. The summed E-state index contributed by atoms with van der Waals surface area (Å²) < 4.78 is 10.4. The zero-order valence-electron chi connectivity index (χ0n) is 12.8. The molecule has 3 aromatic rings. The molecule has 0 bridgehead atoms. The zero-order chi connectivity index (χ0) is 15.5. The molecule has 0 saturated carbocycles. The summed E-state index contributed by atoms with van der Waals surface area (Å²) in [6.45, 7) is 2.22. The van der Waals surface area contributed by atoms with Crippen LogP contribution < -0.4 is 4.74 Å². The number of hydrogen-bond donors (Lipinski definition) is 0. The Balaban J connectivity index is 2.25. The van der Waals surface area contributed by atoms with Crippen molar-refractivity contribution in [1.82, 2.24) is 0 Å². The number of methoxy groups -OCH3 is 1. The van der Waals surface area contributed by atoms with Crippen LogP contribution in [0.5, 0.6) is 5.75 Å². The second kappa shape index (κ2) is 6.06. The lowest BCUT2D eigenvalue weighted by Gasteiger charge is -2.12. The molecule has 0 fully saturated rings. The van der Waals surface area contributed by atoms with E-state index in [-0.39, 0.29) is 12.4 Å². The molecule has 3 nitrogen and oxygen atoms in total. The lowest BCUT2D eigenvalue weighted by molar-refractivity contribution is -0.142. The van der Waals surface area contributed by atoms with Crippen LogP contribution in [-0.2, 0) is 16.0 Å². The summed E-state index contributed by atoms with van der Waals surface area (Å²) in [6, 6.07) is 16.2. The molecule has 0 atom stereocenters. The summed E-state index contributed by atoms with van der Waals surface area (Å²) >= 11 is 0. The van der Waals surface area contributed by atoms with Gasteiger partial charge in [0, 0.05) is 0 Å². The molecule has 0 saturated heterocycles. The first-order chi connectivity index (χ1) is 10.7. The summed E-state index contributed by atoms with van der Waals surface area (Å²) in [5, 5.41) is 4.33. The van der Waals surface area contributed by atoms with E-state index < -0.39 is 0 Å². The van der Waals surface area contributed by atoms with Crippen LogP contribution in [0.25, 0.3) is 21.5 Å². The Kier molecular flexibility index (Phi) is 3.96. The average Bonchev–Trinajstić information content (AvgIpc) is 2.54. The topological polar surface area (TPSA) is 35.5 Å². The Morgan fingerprint density at radius 2 is 1.77 bits per heavy atom. The van der Waals surface area contributed by atoms with Crippen molar-refractivity contribution >= 4 is 27.5 Å². The highest BCUT2D eigenvalue weighted by atomic mass is 16.5. The molecule has 22 heavy (non-hydrogen) atoms. The molecule has 0 spiro atoms. The van der Waals surface area contributed by atoms with Crippen molar-refractivity contribution in [3.8, 4) is 5.75 Å². The van der Waals surface area contributed by atoms with Crippen LogP contribution in [0, 0.1) is 0 Å². The quantitative estimate of drug-likeness (QED) is 0.536. The highest BCUT2D eigenvalue weighted by molar-refractivity contribution is 6.04. The summed E-state index contributed by atoms with van der Waals surface area (Å²) in [5.74, 6) is 0.612. The van der Waals surface area contributed by atoms with Crippen molar-refractivity contribution in [2.24, 2.45) is 0 Å². The maximum absolute atomic E-state index is 12.0. The highest BCUT2D eigenvalue weighted by Crippen LogP contribution is 2.31. The molecule has 0 heterocycles. The van der Waals surface area contributed by atoms with Crippen LogP contribution in [0.1, 0.15) is 12.5 Å². The van der Waals surface area contributed by atoms with Gasteiger partial charge < -0.3 is 9.47 Å². The summed E-state index contributed by atoms with van der Waals surface area (Å²) in [7, 11) is 1.65. The number of ether oxygens (including phenoxy) is 2. The summed E-state index contributed by atoms with van der Waals surface area (Å²) in [6.07, 6.45) is 0.276. The fourth-order valence-electron chi connectivity index (χ4n) is 2.82. The van der Waals surface area contributed by atoms with E-state index in [0.29, 0.717) is 6.61 Å². The average molecular weight is 294 g/mol. The largest absolute Gasteiger partial charge is 0.497 e. The third-order valence-corrected chi connectivity index (χ3v) is 3.81. The molecule has 0 amide bonds. The highest BCUT2D eigenvalue weighted by Gasteiger charge is 2.12. The van der Waals surface area contributed by atoms with Crippen LogP contribution in [0.2, 0.25) is 0 Å². The summed E-state index contributed by atoms with van der Waals surface area (Å²) in [5.41, 5.74) is 1.01. The molecule has 0 aliphatic carbocycles. The van der Waals surface area contributed by atoms with Crippen molar-refractivity contribution in [1.29, 1.82) is 0 Å². The smallest absolute Gasteiger partial charge is 0.310 e. The molecule has 3 heteroatoms.